The third kappa shape index (κ3) is 3.15. The molecular formula is C16H10F3NO5S. The maximum atomic E-state index is 12.4. The number of carbonyl (C=O) groups is 2. The van der Waals surface area contributed by atoms with Gasteiger partial charge in [-0.3, -0.25) is 14.5 Å². The summed E-state index contributed by atoms with van der Waals surface area (Å²) < 4.78 is 63.3. The minimum Gasteiger partial charge on any atom is -0.376 e. The number of nitrogens with zero attached hydrogens (tertiary/aromatic N) is 1. The van der Waals surface area contributed by atoms with Crippen LogP contribution in [0.3, 0.4) is 0 Å². The molecule has 26 heavy (non-hydrogen) atoms. The predicted molar refractivity (Wildman–Crippen MR) is 82.7 cm³/mol. The van der Waals surface area contributed by atoms with Gasteiger partial charge in [0.05, 0.1) is 17.7 Å². The molecule has 1 heterocycles. The van der Waals surface area contributed by atoms with Gasteiger partial charge in [-0.05, 0) is 23.8 Å². The molecule has 3 rings (SSSR count). The van der Waals surface area contributed by atoms with Gasteiger partial charge in [0.15, 0.2) is 0 Å². The molecule has 0 bridgehead atoms. The average molecular weight is 385 g/mol. The van der Waals surface area contributed by atoms with E-state index < -0.39 is 33.2 Å². The highest BCUT2D eigenvalue weighted by molar-refractivity contribution is 7.88. The molecular weight excluding hydrogens is 375 g/mol. The summed E-state index contributed by atoms with van der Waals surface area (Å²) in [7, 11) is -5.87. The largest absolute Gasteiger partial charge is 0.534 e. The Balaban J connectivity index is 1.89. The molecule has 1 aliphatic rings. The van der Waals surface area contributed by atoms with Gasteiger partial charge in [0.2, 0.25) is 0 Å². The fraction of sp³-hybridized carbons (Fsp3) is 0.125. The molecule has 0 radical (unpaired) electrons. The third-order valence-corrected chi connectivity index (χ3v) is 4.59. The summed E-state index contributed by atoms with van der Waals surface area (Å²) in [4.78, 5) is 25.7. The molecule has 0 aliphatic carbocycles. The zero-order chi connectivity index (χ0) is 19.1. The predicted octanol–water partition coefficient (Wildman–Crippen LogP) is 2.71. The molecule has 0 atom stereocenters. The molecule has 0 saturated carbocycles. The number of carbonyl (C=O) groups excluding carboxylic acids is 2. The molecule has 0 aromatic heterocycles. The maximum absolute atomic E-state index is 12.4. The van der Waals surface area contributed by atoms with Crippen LogP contribution in [0.2, 0.25) is 0 Å². The molecule has 2 aromatic carbocycles. The minimum atomic E-state index is -5.87. The molecule has 2 amide bonds. The molecule has 0 fully saturated rings. The van der Waals surface area contributed by atoms with Crippen molar-refractivity contribution in [3.8, 4) is 5.75 Å². The van der Waals surface area contributed by atoms with E-state index in [-0.39, 0.29) is 17.7 Å². The molecule has 1 aliphatic heterocycles. The number of fused-ring (bicyclic) bond motifs is 1. The monoisotopic (exact) mass is 385 g/mol. The van der Waals surface area contributed by atoms with Gasteiger partial charge in [-0.15, -0.1) is 0 Å². The van der Waals surface area contributed by atoms with Crippen LogP contribution in [0.15, 0.2) is 48.5 Å². The van der Waals surface area contributed by atoms with Crippen LogP contribution in [0.25, 0.3) is 0 Å². The molecule has 0 N–H and O–H groups in total. The Morgan fingerprint density at radius 2 is 1.54 bits per heavy atom. The van der Waals surface area contributed by atoms with Gasteiger partial charge >= 0.3 is 15.6 Å². The fourth-order valence-electron chi connectivity index (χ4n) is 2.41. The van der Waals surface area contributed by atoms with E-state index in [0.717, 1.165) is 23.1 Å². The second-order valence-corrected chi connectivity index (χ2v) is 6.91. The smallest absolute Gasteiger partial charge is 0.376 e. The second-order valence-electron chi connectivity index (χ2n) is 5.37. The van der Waals surface area contributed by atoms with Crippen LogP contribution < -0.4 is 4.18 Å². The minimum absolute atomic E-state index is 0.0236. The molecule has 0 unspecified atom stereocenters. The van der Waals surface area contributed by atoms with Gasteiger partial charge in [-0.2, -0.15) is 21.6 Å². The second kappa shape index (κ2) is 6.13. The van der Waals surface area contributed by atoms with E-state index >= 15 is 0 Å². The Bertz CT molecular complexity index is 987. The van der Waals surface area contributed by atoms with Gasteiger partial charge in [-0.1, -0.05) is 30.3 Å². The number of halogens is 3. The number of hydrogen-bond acceptors (Lipinski definition) is 5. The Morgan fingerprint density at radius 1 is 0.923 bits per heavy atom. The van der Waals surface area contributed by atoms with Crippen molar-refractivity contribution in [3.05, 3.63) is 65.2 Å². The first-order valence-electron chi connectivity index (χ1n) is 7.15. The van der Waals surface area contributed by atoms with Crippen molar-refractivity contribution in [2.75, 3.05) is 0 Å². The molecule has 0 saturated heterocycles. The standard InChI is InChI=1S/C16H10F3NO5S/c17-16(18,19)26(23,24)25-11-6-7-12-13(8-11)15(22)20(14(12)21)9-10-4-2-1-3-5-10/h1-8H,9H2. The van der Waals surface area contributed by atoms with Crippen molar-refractivity contribution < 1.29 is 35.4 Å². The van der Waals surface area contributed by atoms with E-state index in [1.54, 1.807) is 30.3 Å². The van der Waals surface area contributed by atoms with Crippen LogP contribution in [-0.4, -0.2) is 30.6 Å². The van der Waals surface area contributed by atoms with Crippen LogP contribution in [0.1, 0.15) is 26.3 Å². The summed E-state index contributed by atoms with van der Waals surface area (Å²) >= 11 is 0. The fourth-order valence-corrected chi connectivity index (χ4v) is 2.86. The van der Waals surface area contributed by atoms with Gasteiger partial charge in [-0.25, -0.2) is 0 Å². The molecule has 0 spiro atoms. The summed E-state index contributed by atoms with van der Waals surface area (Å²) in [6, 6.07) is 11.4. The molecule has 2 aromatic rings. The third-order valence-electron chi connectivity index (χ3n) is 3.62. The lowest BCUT2D eigenvalue weighted by Gasteiger charge is -2.13. The van der Waals surface area contributed by atoms with Gasteiger partial charge in [0.1, 0.15) is 5.75 Å². The zero-order valence-corrected chi connectivity index (χ0v) is 13.7. The number of hydrogen-bond donors (Lipinski definition) is 0. The normalized spacial score (nSPS) is 14.5. The van der Waals surface area contributed by atoms with E-state index in [0.29, 0.717) is 5.56 Å². The topological polar surface area (TPSA) is 80.8 Å². The highest BCUT2D eigenvalue weighted by atomic mass is 32.2. The number of benzene rings is 2. The lowest BCUT2D eigenvalue weighted by Crippen LogP contribution is -2.29. The van der Waals surface area contributed by atoms with E-state index in [2.05, 4.69) is 4.18 Å². The summed E-state index contributed by atoms with van der Waals surface area (Å²) in [6.07, 6.45) is 0. The van der Waals surface area contributed by atoms with Crippen molar-refractivity contribution >= 4 is 21.9 Å². The van der Waals surface area contributed by atoms with Crippen molar-refractivity contribution in [2.24, 2.45) is 0 Å². The lowest BCUT2D eigenvalue weighted by atomic mass is 10.1. The average Bonchev–Trinajstić information content (AvgIpc) is 2.79. The number of rotatable bonds is 4. The highest BCUT2D eigenvalue weighted by Gasteiger charge is 2.48. The Labute approximate surface area is 145 Å². The van der Waals surface area contributed by atoms with E-state index in [1.807, 2.05) is 0 Å². The summed E-state index contributed by atoms with van der Waals surface area (Å²) in [6.45, 7) is -0.0236. The van der Waals surface area contributed by atoms with Crippen LogP contribution in [-0.2, 0) is 16.7 Å². The lowest BCUT2D eigenvalue weighted by molar-refractivity contribution is -0.0500. The van der Waals surface area contributed by atoms with Gasteiger partial charge in [0.25, 0.3) is 11.8 Å². The summed E-state index contributed by atoms with van der Waals surface area (Å²) in [5.74, 6) is -2.08. The van der Waals surface area contributed by atoms with E-state index in [9.17, 15) is 31.2 Å². The number of amides is 2. The van der Waals surface area contributed by atoms with Crippen molar-refractivity contribution in [2.45, 2.75) is 12.1 Å². The zero-order valence-electron chi connectivity index (χ0n) is 12.9. The van der Waals surface area contributed by atoms with Crippen molar-refractivity contribution in [3.63, 3.8) is 0 Å². The van der Waals surface area contributed by atoms with E-state index in [1.165, 1.54) is 0 Å². The summed E-state index contributed by atoms with van der Waals surface area (Å²) in [5, 5.41) is 0. The van der Waals surface area contributed by atoms with Crippen LogP contribution >= 0.6 is 0 Å². The molecule has 136 valence electrons. The first-order valence-corrected chi connectivity index (χ1v) is 8.56. The maximum Gasteiger partial charge on any atom is 0.534 e. The quantitative estimate of drug-likeness (QED) is 0.459. The first kappa shape index (κ1) is 17.9. The Morgan fingerprint density at radius 3 is 2.15 bits per heavy atom. The highest BCUT2D eigenvalue weighted by Crippen LogP contribution is 2.31. The summed E-state index contributed by atoms with van der Waals surface area (Å²) in [5.41, 5.74) is -5.19. The van der Waals surface area contributed by atoms with Crippen LogP contribution in [0.4, 0.5) is 13.2 Å². The van der Waals surface area contributed by atoms with Crippen molar-refractivity contribution in [1.29, 1.82) is 0 Å². The van der Waals surface area contributed by atoms with Gasteiger partial charge in [0, 0.05) is 0 Å². The molecule has 6 nitrogen and oxygen atoms in total. The van der Waals surface area contributed by atoms with Crippen LogP contribution in [0, 0.1) is 0 Å². The Kier molecular flexibility index (Phi) is 4.23. The van der Waals surface area contributed by atoms with Crippen LogP contribution in [0.5, 0.6) is 5.75 Å². The molecule has 10 heteroatoms. The SMILES string of the molecule is O=C1c2ccc(OS(=O)(=O)C(F)(F)F)cc2C(=O)N1Cc1ccccc1. The van der Waals surface area contributed by atoms with Crippen molar-refractivity contribution in [1.82, 2.24) is 4.90 Å². The van der Waals surface area contributed by atoms with Gasteiger partial charge < -0.3 is 4.18 Å². The number of imide groups is 1. The number of alkyl halides is 3. The first-order chi connectivity index (χ1) is 12.1. The van der Waals surface area contributed by atoms with E-state index in [4.69, 9.17) is 0 Å². The Hall–Kier alpha value is -2.88.